The summed E-state index contributed by atoms with van der Waals surface area (Å²) in [4.78, 5) is 43.8. The number of nitrogens with zero attached hydrogens (tertiary/aromatic N) is 3. The van der Waals surface area contributed by atoms with E-state index in [9.17, 15) is 14.4 Å². The van der Waals surface area contributed by atoms with Gasteiger partial charge >= 0.3 is 0 Å². The first kappa shape index (κ1) is 26.1. The highest BCUT2D eigenvalue weighted by molar-refractivity contribution is 8.14. The van der Waals surface area contributed by atoms with Gasteiger partial charge in [-0.25, -0.2) is 0 Å². The van der Waals surface area contributed by atoms with Crippen molar-refractivity contribution in [3.63, 3.8) is 0 Å². The minimum absolute atomic E-state index is 0.0498. The number of benzene rings is 1. The zero-order chi connectivity index (χ0) is 25.9. The first-order chi connectivity index (χ1) is 17.9. The number of carbonyl (C=O) groups excluding carboxylic acids is 3. The summed E-state index contributed by atoms with van der Waals surface area (Å²) in [6.07, 6.45) is 7.44. The van der Waals surface area contributed by atoms with Crippen molar-refractivity contribution in [2.75, 3.05) is 12.3 Å². The Morgan fingerprint density at radius 1 is 1.11 bits per heavy atom. The number of hydrogen-bond donors (Lipinski definition) is 2. The smallest absolute Gasteiger partial charge is 0.230 e. The Hall–Kier alpha value is -2.55. The zero-order valence-electron chi connectivity index (χ0n) is 21.9. The number of carbonyl (C=O) groups is 3. The second kappa shape index (κ2) is 11.5. The van der Waals surface area contributed by atoms with Crippen molar-refractivity contribution in [2.24, 2.45) is 22.9 Å². The lowest BCUT2D eigenvalue weighted by atomic mass is 9.75. The minimum atomic E-state index is -0.370. The molecule has 9 heteroatoms. The Labute approximate surface area is 224 Å². The molecule has 5 rings (SSSR count). The molecule has 1 aromatic carbocycles. The number of nitrogens with one attached hydrogen (secondary N) is 2. The third-order valence-corrected chi connectivity index (χ3v) is 9.11. The molecule has 200 valence electrons. The summed E-state index contributed by atoms with van der Waals surface area (Å²) in [5, 5.41) is 8.65. The van der Waals surface area contributed by atoms with Crippen molar-refractivity contribution in [2.45, 2.75) is 83.6 Å². The number of hydrazone groups is 1. The van der Waals surface area contributed by atoms with E-state index in [1.807, 2.05) is 35.2 Å². The van der Waals surface area contributed by atoms with Crippen LogP contribution in [0.15, 0.2) is 35.4 Å². The first-order valence-corrected chi connectivity index (χ1v) is 14.8. The molecule has 4 unspecified atom stereocenters. The van der Waals surface area contributed by atoms with Crippen LogP contribution in [-0.2, 0) is 9.59 Å². The maximum Gasteiger partial charge on any atom is 0.230 e. The first-order valence-electron chi connectivity index (χ1n) is 13.9. The van der Waals surface area contributed by atoms with Gasteiger partial charge in [-0.3, -0.25) is 19.8 Å². The molecule has 2 aliphatic heterocycles. The third kappa shape index (κ3) is 5.66. The van der Waals surface area contributed by atoms with E-state index in [1.165, 1.54) is 31.0 Å². The van der Waals surface area contributed by atoms with Crippen LogP contribution in [0, 0.1) is 17.8 Å². The Balaban J connectivity index is 1.32. The molecule has 0 radical (unpaired) electrons. The van der Waals surface area contributed by atoms with Crippen molar-refractivity contribution in [3.05, 3.63) is 35.9 Å². The molecule has 4 atom stereocenters. The van der Waals surface area contributed by atoms with Crippen LogP contribution in [0.4, 0.5) is 0 Å². The molecule has 4 aliphatic rings. The molecule has 3 fully saturated rings. The van der Waals surface area contributed by atoms with Gasteiger partial charge in [0.2, 0.25) is 11.8 Å². The summed E-state index contributed by atoms with van der Waals surface area (Å²) >= 11 is 1.41. The number of thioether (sulfide) groups is 1. The lowest BCUT2D eigenvalue weighted by molar-refractivity contribution is -0.158. The molecule has 2 aliphatic carbocycles. The Morgan fingerprint density at radius 2 is 1.86 bits per heavy atom. The van der Waals surface area contributed by atoms with E-state index in [2.05, 4.69) is 34.6 Å². The molecule has 1 saturated heterocycles. The van der Waals surface area contributed by atoms with Crippen LogP contribution in [0.3, 0.4) is 0 Å². The van der Waals surface area contributed by atoms with Crippen molar-refractivity contribution in [1.29, 1.82) is 0 Å². The van der Waals surface area contributed by atoms with Gasteiger partial charge in [0.15, 0.2) is 17.2 Å². The minimum Gasteiger partial charge on any atom is -0.353 e. The molecule has 2 amide bonds. The van der Waals surface area contributed by atoms with E-state index in [0.717, 1.165) is 24.4 Å². The van der Waals surface area contributed by atoms with Gasteiger partial charge in [0.05, 0.1) is 11.7 Å². The molecule has 0 spiro atoms. The molecule has 2 heterocycles. The van der Waals surface area contributed by atoms with Gasteiger partial charge < -0.3 is 15.1 Å². The monoisotopic (exact) mass is 525 g/mol. The lowest BCUT2D eigenvalue weighted by Crippen LogP contribution is -2.68. The molecule has 0 aromatic heterocycles. The van der Waals surface area contributed by atoms with Crippen LogP contribution in [0.2, 0.25) is 0 Å². The van der Waals surface area contributed by atoms with E-state index in [0.29, 0.717) is 30.9 Å². The fourth-order valence-corrected chi connectivity index (χ4v) is 7.22. The lowest BCUT2D eigenvalue weighted by Gasteiger charge is -2.51. The summed E-state index contributed by atoms with van der Waals surface area (Å²) in [5.41, 5.74) is 3.87. The predicted molar refractivity (Wildman–Crippen MR) is 146 cm³/mol. The number of fused-ring (bicyclic) bond motifs is 3. The Morgan fingerprint density at radius 3 is 2.59 bits per heavy atom. The van der Waals surface area contributed by atoms with E-state index in [4.69, 9.17) is 0 Å². The average molecular weight is 526 g/mol. The van der Waals surface area contributed by atoms with E-state index < -0.39 is 0 Å². The second-order valence-corrected chi connectivity index (χ2v) is 12.2. The van der Waals surface area contributed by atoms with Crippen LogP contribution in [0.1, 0.15) is 75.6 Å². The van der Waals surface area contributed by atoms with Crippen molar-refractivity contribution >= 4 is 34.5 Å². The number of rotatable bonds is 7. The maximum absolute atomic E-state index is 13.6. The number of ketones is 1. The van der Waals surface area contributed by atoms with Crippen LogP contribution in [0.25, 0.3) is 0 Å². The topological polar surface area (TPSA) is 94.1 Å². The third-order valence-electron chi connectivity index (χ3n) is 8.14. The number of hydrogen-bond acceptors (Lipinski definition) is 7. The van der Waals surface area contributed by atoms with E-state index in [1.54, 1.807) is 0 Å². The van der Waals surface area contributed by atoms with E-state index >= 15 is 0 Å². The van der Waals surface area contributed by atoms with Gasteiger partial charge in [0.25, 0.3) is 0 Å². The molecular formula is C28H39N5O3S. The van der Waals surface area contributed by atoms with Gasteiger partial charge in [-0.05, 0) is 38.0 Å². The van der Waals surface area contributed by atoms with Gasteiger partial charge in [-0.2, -0.15) is 5.10 Å². The molecule has 2 N–H and O–H groups in total. The highest BCUT2D eigenvalue weighted by Crippen LogP contribution is 2.41. The number of amidine groups is 1. The summed E-state index contributed by atoms with van der Waals surface area (Å²) < 4.78 is 0. The molecule has 1 aromatic rings. The normalized spacial score (nSPS) is 27.9. The number of amides is 2. The molecule has 8 nitrogen and oxygen atoms in total. The molecule has 0 bridgehead atoms. The summed E-state index contributed by atoms with van der Waals surface area (Å²) in [5.74, 6) is 0.661. The summed E-state index contributed by atoms with van der Waals surface area (Å²) in [6.45, 7) is 4.86. The standard InChI is InChI=1S/C28H39N5O3S/c1-18(2)16-32-26(36)22-14-13-20(25(35)29-21-11-7-4-8-12-21)15-23(22)33-27(32)30-31-28(33)37-17-24(34)19-9-5-3-6-10-19/h3,5-6,9-10,18,20-23,27,30H,4,7-8,11-17H2,1-2H3,(H,29,35). The Bertz CT molecular complexity index is 1030. The maximum atomic E-state index is 13.6. The van der Waals surface area contributed by atoms with Crippen LogP contribution in [0.5, 0.6) is 0 Å². The molecule has 2 saturated carbocycles. The van der Waals surface area contributed by atoms with Gasteiger partial charge in [0.1, 0.15) is 0 Å². The highest BCUT2D eigenvalue weighted by atomic mass is 32.2. The quantitative estimate of drug-likeness (QED) is 0.526. The fourth-order valence-electron chi connectivity index (χ4n) is 6.29. The zero-order valence-corrected chi connectivity index (χ0v) is 22.7. The fraction of sp³-hybridized carbons (Fsp3) is 0.643. The Kier molecular flexibility index (Phi) is 8.07. The number of Topliss-reactive ketones (excluding diaryl/α,β-unsaturated/α-hetero) is 1. The predicted octanol–water partition coefficient (Wildman–Crippen LogP) is 3.79. The molecule has 37 heavy (non-hydrogen) atoms. The highest BCUT2D eigenvalue weighted by Gasteiger charge is 2.53. The van der Waals surface area contributed by atoms with Crippen molar-refractivity contribution < 1.29 is 14.4 Å². The van der Waals surface area contributed by atoms with Gasteiger partial charge in [-0.15, -0.1) is 0 Å². The second-order valence-electron chi connectivity index (χ2n) is 11.3. The average Bonchev–Trinajstić information content (AvgIpc) is 3.34. The largest absolute Gasteiger partial charge is 0.353 e. The summed E-state index contributed by atoms with van der Waals surface area (Å²) in [6, 6.07) is 9.48. The van der Waals surface area contributed by atoms with Crippen molar-refractivity contribution in [3.8, 4) is 0 Å². The van der Waals surface area contributed by atoms with Gasteiger partial charge in [-0.1, -0.05) is 75.2 Å². The van der Waals surface area contributed by atoms with Gasteiger partial charge in [0, 0.05) is 30.1 Å². The van der Waals surface area contributed by atoms with Crippen LogP contribution in [-0.4, -0.2) is 63.2 Å². The van der Waals surface area contributed by atoms with Crippen LogP contribution >= 0.6 is 11.8 Å². The van der Waals surface area contributed by atoms with Crippen molar-refractivity contribution in [1.82, 2.24) is 20.5 Å². The van der Waals surface area contributed by atoms with Crippen LogP contribution < -0.4 is 10.7 Å². The molecular weight excluding hydrogens is 486 g/mol. The summed E-state index contributed by atoms with van der Waals surface area (Å²) in [7, 11) is 0. The van der Waals surface area contributed by atoms with E-state index in [-0.39, 0.29) is 53.6 Å². The SMILES string of the molecule is CC(C)CN1C(=O)C2CCC(C(=O)NC3CCCCC3)CC2N2C(SCC(=O)c3ccccc3)=NNC12.